The van der Waals surface area contributed by atoms with Gasteiger partial charge in [-0.1, -0.05) is 0 Å². The van der Waals surface area contributed by atoms with Crippen molar-refractivity contribution in [2.75, 3.05) is 19.8 Å². The molecule has 0 saturated carbocycles. The summed E-state index contributed by atoms with van der Waals surface area (Å²) in [5.41, 5.74) is 0.206. The summed E-state index contributed by atoms with van der Waals surface area (Å²) in [5, 5.41) is 12.6. The first kappa shape index (κ1) is 17.2. The second-order valence-corrected chi connectivity index (χ2v) is 5.89. The van der Waals surface area contributed by atoms with E-state index < -0.39 is 23.5 Å². The fourth-order valence-corrected chi connectivity index (χ4v) is 2.92. The van der Waals surface area contributed by atoms with Gasteiger partial charge in [-0.3, -0.25) is 0 Å². The van der Waals surface area contributed by atoms with Gasteiger partial charge in [0.2, 0.25) is 0 Å². The van der Waals surface area contributed by atoms with E-state index in [9.17, 15) is 18.3 Å². The molecule has 0 radical (unpaired) electrons. The smallest absolute Gasteiger partial charge is 0.194 e. The van der Waals surface area contributed by atoms with E-state index in [4.69, 9.17) is 4.74 Å². The fraction of sp³-hybridized carbons (Fsp3) is 0.625. The molecule has 0 aromatic heterocycles. The average molecular weight is 317 g/mol. The molecule has 1 aromatic carbocycles. The fourth-order valence-electron chi connectivity index (χ4n) is 2.92. The van der Waals surface area contributed by atoms with Crippen molar-refractivity contribution in [3.63, 3.8) is 0 Å². The second kappa shape index (κ2) is 7.94. The number of nitrogens with one attached hydrogen (secondary N) is 1. The van der Waals surface area contributed by atoms with Crippen LogP contribution in [-0.2, 0) is 4.74 Å². The Bertz CT molecular complexity index is 469. The van der Waals surface area contributed by atoms with Crippen LogP contribution in [0.4, 0.5) is 13.2 Å². The Kier molecular flexibility index (Phi) is 6.23. The summed E-state index contributed by atoms with van der Waals surface area (Å²) in [5.74, 6) is -3.44. The van der Waals surface area contributed by atoms with E-state index in [0.717, 1.165) is 44.6 Å². The van der Waals surface area contributed by atoms with E-state index in [-0.39, 0.29) is 18.2 Å². The van der Waals surface area contributed by atoms with Crippen LogP contribution >= 0.6 is 0 Å². The van der Waals surface area contributed by atoms with Gasteiger partial charge in [0, 0.05) is 19.3 Å². The van der Waals surface area contributed by atoms with Crippen LogP contribution in [-0.4, -0.2) is 31.0 Å². The zero-order chi connectivity index (χ0) is 16.1. The Morgan fingerprint density at radius 2 is 1.82 bits per heavy atom. The molecule has 1 aliphatic heterocycles. The van der Waals surface area contributed by atoms with Crippen molar-refractivity contribution in [1.82, 2.24) is 5.32 Å². The number of aliphatic hydroxyl groups excluding tert-OH is 1. The van der Waals surface area contributed by atoms with Crippen LogP contribution in [0.25, 0.3) is 0 Å². The third-order valence-electron chi connectivity index (χ3n) is 4.10. The van der Waals surface area contributed by atoms with E-state index in [1.807, 2.05) is 6.92 Å². The molecular formula is C16H22F3NO2. The van der Waals surface area contributed by atoms with Crippen LogP contribution in [0.5, 0.6) is 0 Å². The maximum Gasteiger partial charge on any atom is 0.194 e. The van der Waals surface area contributed by atoms with Gasteiger partial charge in [-0.25, -0.2) is 13.2 Å². The number of halogens is 3. The number of hydrogen-bond donors (Lipinski definition) is 2. The Morgan fingerprint density at radius 3 is 2.36 bits per heavy atom. The molecule has 22 heavy (non-hydrogen) atoms. The second-order valence-electron chi connectivity index (χ2n) is 5.89. The van der Waals surface area contributed by atoms with E-state index in [1.165, 1.54) is 0 Å². The van der Waals surface area contributed by atoms with Crippen molar-refractivity contribution in [3.8, 4) is 0 Å². The minimum absolute atomic E-state index is 0.0661. The lowest BCUT2D eigenvalue weighted by Crippen LogP contribution is -2.35. The largest absolute Gasteiger partial charge is 0.394 e. The summed E-state index contributed by atoms with van der Waals surface area (Å²) in [6.45, 7) is 3.17. The minimum Gasteiger partial charge on any atom is -0.394 e. The lowest BCUT2D eigenvalue weighted by Gasteiger charge is -2.28. The first-order chi connectivity index (χ1) is 10.5. The van der Waals surface area contributed by atoms with Crippen LogP contribution < -0.4 is 5.32 Å². The average Bonchev–Trinajstić information content (AvgIpc) is 2.50. The predicted octanol–water partition coefficient (Wildman–Crippen LogP) is 2.93. The van der Waals surface area contributed by atoms with Crippen molar-refractivity contribution >= 4 is 0 Å². The minimum atomic E-state index is -1.49. The van der Waals surface area contributed by atoms with Crippen LogP contribution in [0.1, 0.15) is 37.8 Å². The topological polar surface area (TPSA) is 41.5 Å². The summed E-state index contributed by atoms with van der Waals surface area (Å²) in [6, 6.07) is 1.29. The first-order valence-corrected chi connectivity index (χ1v) is 7.60. The number of benzene rings is 1. The number of hydrogen-bond acceptors (Lipinski definition) is 3. The SMILES string of the molecule is CC(CC1CCOCC1)NC(CO)c1cc(F)c(F)c(F)c1. The monoisotopic (exact) mass is 317 g/mol. The van der Waals surface area contributed by atoms with Gasteiger partial charge in [0.05, 0.1) is 12.6 Å². The third kappa shape index (κ3) is 4.44. The van der Waals surface area contributed by atoms with E-state index in [2.05, 4.69) is 5.32 Å². The highest BCUT2D eigenvalue weighted by Gasteiger charge is 2.21. The molecule has 2 rings (SSSR count). The normalized spacial score (nSPS) is 19.1. The molecule has 1 aliphatic rings. The van der Waals surface area contributed by atoms with Gasteiger partial charge in [0.15, 0.2) is 17.5 Å². The summed E-state index contributed by atoms with van der Waals surface area (Å²) in [7, 11) is 0. The molecule has 3 nitrogen and oxygen atoms in total. The Balaban J connectivity index is 1.99. The molecule has 1 heterocycles. The van der Waals surface area contributed by atoms with Crippen LogP contribution in [0.3, 0.4) is 0 Å². The van der Waals surface area contributed by atoms with Gasteiger partial charge >= 0.3 is 0 Å². The summed E-state index contributed by atoms with van der Waals surface area (Å²) < 4.78 is 44.9. The van der Waals surface area contributed by atoms with Gasteiger partial charge in [-0.2, -0.15) is 0 Å². The molecule has 1 aromatic rings. The molecule has 0 aliphatic carbocycles. The van der Waals surface area contributed by atoms with Crippen LogP contribution in [0.15, 0.2) is 12.1 Å². The molecule has 1 saturated heterocycles. The van der Waals surface area contributed by atoms with Gasteiger partial charge in [-0.15, -0.1) is 0 Å². The van der Waals surface area contributed by atoms with E-state index in [1.54, 1.807) is 0 Å². The predicted molar refractivity (Wildman–Crippen MR) is 76.9 cm³/mol. The maximum absolute atomic E-state index is 13.3. The highest BCUT2D eigenvalue weighted by molar-refractivity contribution is 5.23. The Labute approximate surface area is 128 Å². The third-order valence-corrected chi connectivity index (χ3v) is 4.10. The lowest BCUT2D eigenvalue weighted by atomic mass is 9.92. The summed E-state index contributed by atoms with van der Waals surface area (Å²) in [4.78, 5) is 0. The molecule has 6 heteroatoms. The Hall–Kier alpha value is -1.11. The number of aliphatic hydroxyl groups is 1. The van der Waals surface area contributed by atoms with Crippen molar-refractivity contribution in [2.24, 2.45) is 5.92 Å². The number of ether oxygens (including phenoxy) is 1. The molecule has 2 unspecified atom stereocenters. The zero-order valence-corrected chi connectivity index (χ0v) is 12.6. The van der Waals surface area contributed by atoms with Crippen molar-refractivity contribution in [2.45, 2.75) is 38.3 Å². The van der Waals surface area contributed by atoms with Gasteiger partial charge in [0.1, 0.15) is 0 Å². The highest BCUT2D eigenvalue weighted by atomic mass is 19.2. The van der Waals surface area contributed by atoms with E-state index >= 15 is 0 Å². The molecule has 0 spiro atoms. The molecule has 2 atom stereocenters. The summed E-state index contributed by atoms with van der Waals surface area (Å²) >= 11 is 0. The van der Waals surface area contributed by atoms with Crippen molar-refractivity contribution in [1.29, 1.82) is 0 Å². The molecule has 0 amide bonds. The molecular weight excluding hydrogens is 295 g/mol. The van der Waals surface area contributed by atoms with Crippen molar-refractivity contribution in [3.05, 3.63) is 35.1 Å². The van der Waals surface area contributed by atoms with Crippen LogP contribution in [0, 0.1) is 23.4 Å². The van der Waals surface area contributed by atoms with Crippen molar-refractivity contribution < 1.29 is 23.0 Å². The summed E-state index contributed by atoms with van der Waals surface area (Å²) in [6.07, 6.45) is 2.89. The molecule has 0 bridgehead atoms. The van der Waals surface area contributed by atoms with Gasteiger partial charge < -0.3 is 15.2 Å². The van der Waals surface area contributed by atoms with Gasteiger partial charge in [-0.05, 0) is 49.8 Å². The Morgan fingerprint density at radius 1 is 1.23 bits per heavy atom. The quantitative estimate of drug-likeness (QED) is 0.793. The zero-order valence-electron chi connectivity index (χ0n) is 12.6. The van der Waals surface area contributed by atoms with Crippen LogP contribution in [0.2, 0.25) is 0 Å². The lowest BCUT2D eigenvalue weighted by molar-refractivity contribution is 0.0602. The molecule has 1 fully saturated rings. The number of rotatable bonds is 6. The molecule has 2 N–H and O–H groups in total. The first-order valence-electron chi connectivity index (χ1n) is 7.60. The van der Waals surface area contributed by atoms with E-state index in [0.29, 0.717) is 5.92 Å². The molecule has 124 valence electrons. The standard InChI is InChI=1S/C16H22F3NO2/c1-10(6-11-2-4-22-5-3-11)20-15(9-21)12-7-13(17)16(19)14(18)8-12/h7-8,10-11,15,20-21H,2-6,9H2,1H3. The highest BCUT2D eigenvalue weighted by Crippen LogP contribution is 2.23. The maximum atomic E-state index is 13.3. The van der Waals surface area contributed by atoms with Gasteiger partial charge in [0.25, 0.3) is 0 Å².